The fourth-order valence-electron chi connectivity index (χ4n) is 1.53. The van der Waals surface area contributed by atoms with Gasteiger partial charge in [0, 0.05) is 5.56 Å². The fourth-order valence-corrected chi connectivity index (χ4v) is 2.37. The van der Waals surface area contributed by atoms with Gasteiger partial charge >= 0.3 is 5.97 Å². The second-order valence-corrected chi connectivity index (χ2v) is 4.31. The summed E-state index contributed by atoms with van der Waals surface area (Å²) in [6, 6.07) is 11.7. The van der Waals surface area contributed by atoms with Crippen LogP contribution in [0.15, 0.2) is 47.8 Å². The highest BCUT2D eigenvalue weighted by molar-refractivity contribution is 7.10. The van der Waals surface area contributed by atoms with E-state index in [4.69, 9.17) is 0 Å². The highest BCUT2D eigenvalue weighted by atomic mass is 32.1. The first-order valence-electron chi connectivity index (χ1n) is 4.71. The summed E-state index contributed by atoms with van der Waals surface area (Å²) >= 11 is 1.22. The van der Waals surface area contributed by atoms with Crippen LogP contribution in [0.5, 0.6) is 0 Å². The lowest BCUT2D eigenvalue weighted by Gasteiger charge is -2.22. The molecule has 0 unspecified atom stereocenters. The summed E-state index contributed by atoms with van der Waals surface area (Å²) in [6.07, 6.45) is 0. The van der Waals surface area contributed by atoms with Crippen molar-refractivity contribution < 1.29 is 15.0 Å². The Bertz CT molecular complexity index is 478. The van der Waals surface area contributed by atoms with Gasteiger partial charge in [-0.1, -0.05) is 36.4 Å². The maximum Gasteiger partial charge on any atom is 0.346 e. The number of hydrogen-bond donors (Lipinski definition) is 2. The first-order chi connectivity index (χ1) is 7.65. The third-order valence-electron chi connectivity index (χ3n) is 2.38. The number of hydrogen-bond acceptors (Lipinski definition) is 3. The van der Waals surface area contributed by atoms with Gasteiger partial charge in [-0.3, -0.25) is 0 Å². The summed E-state index contributed by atoms with van der Waals surface area (Å²) in [6.45, 7) is 0. The Morgan fingerprint density at radius 2 is 1.81 bits per heavy atom. The van der Waals surface area contributed by atoms with E-state index in [2.05, 4.69) is 0 Å². The fraction of sp³-hybridized carbons (Fsp3) is 0.0833. The van der Waals surface area contributed by atoms with Crippen molar-refractivity contribution in [1.82, 2.24) is 0 Å². The lowest BCUT2D eigenvalue weighted by molar-refractivity contribution is -0.154. The number of aliphatic carboxylic acids is 1. The first kappa shape index (κ1) is 10.9. The van der Waals surface area contributed by atoms with Crippen molar-refractivity contribution in [3.05, 3.63) is 58.3 Å². The molecule has 0 radical (unpaired) electrons. The molecule has 0 aliphatic carbocycles. The summed E-state index contributed by atoms with van der Waals surface area (Å²) in [5.74, 6) is -1.26. The molecule has 3 nitrogen and oxygen atoms in total. The van der Waals surface area contributed by atoms with Gasteiger partial charge in [0.1, 0.15) is 0 Å². The Morgan fingerprint density at radius 1 is 1.12 bits per heavy atom. The van der Waals surface area contributed by atoms with Crippen LogP contribution < -0.4 is 0 Å². The van der Waals surface area contributed by atoms with Crippen LogP contribution in [0.4, 0.5) is 0 Å². The molecule has 0 bridgehead atoms. The Kier molecular flexibility index (Phi) is 2.77. The van der Waals surface area contributed by atoms with E-state index in [9.17, 15) is 15.0 Å². The third kappa shape index (κ3) is 1.62. The number of benzene rings is 1. The Hall–Kier alpha value is -1.65. The maximum absolute atomic E-state index is 11.3. The van der Waals surface area contributed by atoms with Crippen molar-refractivity contribution in [1.29, 1.82) is 0 Å². The van der Waals surface area contributed by atoms with Gasteiger partial charge < -0.3 is 10.2 Å². The summed E-state index contributed by atoms with van der Waals surface area (Å²) in [4.78, 5) is 11.7. The van der Waals surface area contributed by atoms with Crippen molar-refractivity contribution in [2.45, 2.75) is 5.60 Å². The molecule has 1 atom stereocenters. The SMILES string of the molecule is O=C(O)[C@](O)(c1ccccc1)c1cccs1. The minimum Gasteiger partial charge on any atom is -0.479 e. The Balaban J connectivity index is 2.58. The lowest BCUT2D eigenvalue weighted by atomic mass is 9.92. The first-order valence-corrected chi connectivity index (χ1v) is 5.59. The summed E-state index contributed by atoms with van der Waals surface area (Å²) in [5.41, 5.74) is -1.58. The van der Waals surface area contributed by atoms with Crippen LogP contribution in [-0.2, 0) is 10.4 Å². The molecule has 2 aromatic rings. The highest BCUT2D eigenvalue weighted by Crippen LogP contribution is 2.32. The molecule has 0 saturated carbocycles. The summed E-state index contributed by atoms with van der Waals surface area (Å²) in [7, 11) is 0. The molecular formula is C12H10O3S. The number of carboxylic acids is 1. The zero-order valence-electron chi connectivity index (χ0n) is 8.33. The smallest absolute Gasteiger partial charge is 0.346 e. The van der Waals surface area contributed by atoms with E-state index in [0.29, 0.717) is 10.4 Å². The van der Waals surface area contributed by atoms with Crippen LogP contribution in [-0.4, -0.2) is 16.2 Å². The Morgan fingerprint density at radius 3 is 2.31 bits per heavy atom. The zero-order valence-corrected chi connectivity index (χ0v) is 9.15. The molecule has 0 fully saturated rings. The summed E-state index contributed by atoms with van der Waals surface area (Å²) in [5, 5.41) is 21.3. The number of rotatable bonds is 3. The molecular weight excluding hydrogens is 224 g/mol. The topological polar surface area (TPSA) is 57.5 Å². The van der Waals surface area contributed by atoms with Gasteiger partial charge in [-0.25, -0.2) is 4.79 Å². The molecule has 0 aliphatic rings. The molecule has 2 N–H and O–H groups in total. The van der Waals surface area contributed by atoms with Crippen LogP contribution >= 0.6 is 11.3 Å². The van der Waals surface area contributed by atoms with E-state index >= 15 is 0 Å². The van der Waals surface area contributed by atoms with Crippen LogP contribution in [0.1, 0.15) is 10.4 Å². The minimum atomic E-state index is -1.95. The molecule has 0 spiro atoms. The van der Waals surface area contributed by atoms with Gasteiger partial charge in [0.15, 0.2) is 0 Å². The second kappa shape index (κ2) is 4.08. The van der Waals surface area contributed by atoms with E-state index in [1.165, 1.54) is 11.3 Å². The quantitative estimate of drug-likeness (QED) is 0.854. The van der Waals surface area contributed by atoms with Crippen LogP contribution in [0.25, 0.3) is 0 Å². The number of aliphatic hydroxyl groups is 1. The van der Waals surface area contributed by atoms with Gasteiger partial charge in [0.2, 0.25) is 5.60 Å². The van der Waals surface area contributed by atoms with Crippen molar-refractivity contribution in [2.75, 3.05) is 0 Å². The molecule has 1 aromatic heterocycles. The van der Waals surface area contributed by atoms with Crippen LogP contribution in [0.2, 0.25) is 0 Å². The number of carboxylic acid groups (broad SMARTS) is 1. The lowest BCUT2D eigenvalue weighted by Crippen LogP contribution is -2.35. The standard InChI is InChI=1S/C12H10O3S/c13-11(14)12(15,10-7-4-8-16-10)9-5-2-1-3-6-9/h1-8,15H,(H,13,14)/t12-/m0/s1. The highest BCUT2D eigenvalue weighted by Gasteiger charge is 2.40. The second-order valence-electron chi connectivity index (χ2n) is 3.36. The van der Waals surface area contributed by atoms with Gasteiger partial charge in [-0.2, -0.15) is 0 Å². The molecule has 1 heterocycles. The van der Waals surface area contributed by atoms with Crippen molar-refractivity contribution in [3.63, 3.8) is 0 Å². The Labute approximate surface area is 96.6 Å². The van der Waals surface area contributed by atoms with Crippen molar-refractivity contribution in [3.8, 4) is 0 Å². The van der Waals surface area contributed by atoms with Gasteiger partial charge in [-0.05, 0) is 11.4 Å². The largest absolute Gasteiger partial charge is 0.479 e. The van der Waals surface area contributed by atoms with E-state index in [0.717, 1.165) is 0 Å². The number of carbonyl (C=O) groups is 1. The average Bonchev–Trinajstić information content (AvgIpc) is 2.82. The molecule has 0 amide bonds. The van der Waals surface area contributed by atoms with Crippen LogP contribution in [0.3, 0.4) is 0 Å². The maximum atomic E-state index is 11.3. The predicted octanol–water partition coefficient (Wildman–Crippen LogP) is 2.07. The van der Waals surface area contributed by atoms with Gasteiger partial charge in [0.05, 0.1) is 4.88 Å². The van der Waals surface area contributed by atoms with Gasteiger partial charge in [-0.15, -0.1) is 11.3 Å². The molecule has 0 saturated heterocycles. The van der Waals surface area contributed by atoms with Gasteiger partial charge in [0.25, 0.3) is 0 Å². The van der Waals surface area contributed by atoms with E-state index < -0.39 is 11.6 Å². The van der Waals surface area contributed by atoms with Crippen molar-refractivity contribution >= 4 is 17.3 Å². The van der Waals surface area contributed by atoms with E-state index in [1.807, 2.05) is 0 Å². The molecule has 4 heteroatoms. The normalized spacial score (nSPS) is 14.3. The number of thiophene rings is 1. The van der Waals surface area contributed by atoms with E-state index in [-0.39, 0.29) is 0 Å². The molecule has 2 rings (SSSR count). The monoisotopic (exact) mass is 234 g/mol. The van der Waals surface area contributed by atoms with Crippen LogP contribution in [0, 0.1) is 0 Å². The molecule has 1 aromatic carbocycles. The summed E-state index contributed by atoms with van der Waals surface area (Å²) < 4.78 is 0. The third-order valence-corrected chi connectivity index (χ3v) is 3.36. The van der Waals surface area contributed by atoms with E-state index in [1.54, 1.807) is 47.8 Å². The molecule has 0 aliphatic heterocycles. The minimum absolute atomic E-state index is 0.366. The molecule has 16 heavy (non-hydrogen) atoms. The van der Waals surface area contributed by atoms with Crippen molar-refractivity contribution in [2.24, 2.45) is 0 Å². The molecule has 82 valence electrons. The zero-order chi connectivity index (χ0) is 11.6. The average molecular weight is 234 g/mol. The predicted molar refractivity (Wildman–Crippen MR) is 61.4 cm³/mol.